The Kier molecular flexibility index (Phi) is 9.37. The highest BCUT2D eigenvalue weighted by Gasteiger charge is 2.20. The Bertz CT molecular complexity index is 2850. The zero-order valence-corrected chi connectivity index (χ0v) is 34.3. The molecule has 0 aliphatic carbocycles. The number of furan rings is 1. The quantitative estimate of drug-likeness (QED) is 0.161. The van der Waals surface area contributed by atoms with E-state index in [2.05, 4.69) is 222 Å². The van der Waals surface area contributed by atoms with Gasteiger partial charge in [0.05, 0.1) is 0 Å². The molecule has 58 heavy (non-hydrogen) atoms. The van der Waals surface area contributed by atoms with E-state index in [1.54, 1.807) is 0 Å². The molecule has 0 aliphatic heterocycles. The van der Waals surface area contributed by atoms with Crippen molar-refractivity contribution in [3.8, 4) is 44.5 Å². The summed E-state index contributed by atoms with van der Waals surface area (Å²) in [5.74, 6) is 0. The maximum absolute atomic E-state index is 6.44. The number of fused-ring (bicyclic) bond motifs is 3. The first kappa shape index (κ1) is 37.0. The van der Waals surface area contributed by atoms with Crippen molar-refractivity contribution in [2.75, 3.05) is 4.90 Å². The van der Waals surface area contributed by atoms with Gasteiger partial charge >= 0.3 is 0 Å². The molecule has 0 N–H and O–H groups in total. The van der Waals surface area contributed by atoms with Crippen LogP contribution in [0.5, 0.6) is 0 Å². The topological polar surface area (TPSA) is 16.4 Å². The van der Waals surface area contributed by atoms with Crippen LogP contribution in [0, 0.1) is 0 Å². The van der Waals surface area contributed by atoms with Crippen LogP contribution >= 0.6 is 0 Å². The molecule has 0 aliphatic rings. The van der Waals surface area contributed by atoms with Crippen molar-refractivity contribution in [3.05, 3.63) is 199 Å². The second-order valence-corrected chi connectivity index (χ2v) is 17.5. The Labute approximate surface area is 343 Å². The summed E-state index contributed by atoms with van der Waals surface area (Å²) in [6.45, 7) is 13.6. The van der Waals surface area contributed by atoms with Crippen molar-refractivity contribution in [2.24, 2.45) is 0 Å². The molecule has 0 atom stereocenters. The van der Waals surface area contributed by atoms with Crippen molar-refractivity contribution in [1.82, 2.24) is 0 Å². The van der Waals surface area contributed by atoms with E-state index in [4.69, 9.17) is 4.42 Å². The average molecular weight is 752 g/mol. The zero-order chi connectivity index (χ0) is 40.0. The minimum absolute atomic E-state index is 0.0663. The molecule has 0 amide bonds. The zero-order valence-electron chi connectivity index (χ0n) is 34.3. The summed E-state index contributed by atoms with van der Waals surface area (Å²) < 4.78 is 6.44. The average Bonchev–Trinajstić information content (AvgIpc) is 3.63. The van der Waals surface area contributed by atoms with Crippen molar-refractivity contribution < 1.29 is 4.42 Å². The van der Waals surface area contributed by atoms with Gasteiger partial charge in [0.1, 0.15) is 11.2 Å². The predicted octanol–water partition coefficient (Wildman–Crippen LogP) is 16.3. The van der Waals surface area contributed by atoms with Crippen molar-refractivity contribution in [1.29, 1.82) is 0 Å². The fourth-order valence-corrected chi connectivity index (χ4v) is 8.11. The van der Waals surface area contributed by atoms with Gasteiger partial charge in [0.25, 0.3) is 0 Å². The maximum atomic E-state index is 6.44. The van der Waals surface area contributed by atoms with Crippen LogP contribution in [-0.4, -0.2) is 0 Å². The van der Waals surface area contributed by atoms with Gasteiger partial charge in [-0.3, -0.25) is 0 Å². The minimum atomic E-state index is 0.0663. The number of rotatable bonds is 7. The summed E-state index contributed by atoms with van der Waals surface area (Å²) in [7, 11) is 0. The molecule has 0 bridgehead atoms. The van der Waals surface area contributed by atoms with Crippen LogP contribution in [0.25, 0.3) is 66.4 Å². The summed E-state index contributed by atoms with van der Waals surface area (Å²) in [5.41, 5.74) is 17.3. The smallest absolute Gasteiger partial charge is 0.143 e. The fourth-order valence-electron chi connectivity index (χ4n) is 8.11. The first-order chi connectivity index (χ1) is 28.0. The molecule has 0 saturated carbocycles. The van der Waals surface area contributed by atoms with E-state index < -0.39 is 0 Å². The Morgan fingerprint density at radius 1 is 0.345 bits per heavy atom. The second kappa shape index (κ2) is 14.7. The lowest BCUT2D eigenvalue weighted by Gasteiger charge is -2.27. The molecule has 1 aromatic heterocycles. The molecule has 0 unspecified atom stereocenters. The molecule has 284 valence electrons. The number of nitrogens with zero attached hydrogens (tertiary/aromatic N) is 1. The lowest BCUT2D eigenvalue weighted by molar-refractivity contribution is 0.590. The highest BCUT2D eigenvalue weighted by atomic mass is 16.3. The standard InChI is InChI=1S/C56H49NO/c1-55(2,3)43-27-19-40(20-28-43)48-36-35-47(37-52(48)42-21-29-44(30-22-42)56(4,5)6)57(45-31-23-39(24-32-45)38-13-8-7-9-14-38)46-33-25-41(26-34-46)49-16-12-17-51-50-15-10-11-18-53(50)58-54(49)51/h7-37H,1-6H3. The van der Waals surface area contributed by atoms with Gasteiger partial charge in [0.2, 0.25) is 0 Å². The number of hydrogen-bond donors (Lipinski definition) is 0. The van der Waals surface area contributed by atoms with E-state index in [0.717, 1.165) is 50.1 Å². The van der Waals surface area contributed by atoms with Crippen LogP contribution in [0.3, 0.4) is 0 Å². The van der Waals surface area contributed by atoms with E-state index in [1.165, 1.54) is 44.5 Å². The van der Waals surface area contributed by atoms with Crippen LogP contribution in [-0.2, 0) is 10.8 Å². The summed E-state index contributed by atoms with van der Waals surface area (Å²) in [6, 6.07) is 68.4. The monoisotopic (exact) mass is 751 g/mol. The van der Waals surface area contributed by atoms with Gasteiger partial charge in [-0.05, 0) is 103 Å². The summed E-state index contributed by atoms with van der Waals surface area (Å²) in [6.07, 6.45) is 0. The van der Waals surface area contributed by atoms with E-state index in [0.29, 0.717) is 0 Å². The molecule has 8 aromatic carbocycles. The van der Waals surface area contributed by atoms with Gasteiger partial charge in [-0.25, -0.2) is 0 Å². The van der Waals surface area contributed by atoms with Crippen molar-refractivity contribution in [2.45, 2.75) is 52.4 Å². The third-order valence-corrected chi connectivity index (χ3v) is 11.5. The minimum Gasteiger partial charge on any atom is -0.455 e. The molecule has 0 saturated heterocycles. The van der Waals surface area contributed by atoms with Gasteiger partial charge in [-0.15, -0.1) is 0 Å². The molecular weight excluding hydrogens is 703 g/mol. The second-order valence-electron chi connectivity index (χ2n) is 17.5. The van der Waals surface area contributed by atoms with Crippen LogP contribution in [0.2, 0.25) is 0 Å². The van der Waals surface area contributed by atoms with E-state index in [-0.39, 0.29) is 10.8 Å². The van der Waals surface area contributed by atoms with Crippen molar-refractivity contribution in [3.63, 3.8) is 0 Å². The molecule has 2 nitrogen and oxygen atoms in total. The van der Waals surface area contributed by atoms with Gasteiger partial charge in [-0.1, -0.05) is 187 Å². The summed E-state index contributed by atoms with van der Waals surface area (Å²) in [4.78, 5) is 2.37. The number of para-hydroxylation sites is 2. The van der Waals surface area contributed by atoms with Gasteiger partial charge in [-0.2, -0.15) is 0 Å². The Morgan fingerprint density at radius 3 is 1.41 bits per heavy atom. The third-order valence-electron chi connectivity index (χ3n) is 11.5. The maximum Gasteiger partial charge on any atom is 0.143 e. The van der Waals surface area contributed by atoms with Gasteiger partial charge < -0.3 is 9.32 Å². The Morgan fingerprint density at radius 2 is 0.810 bits per heavy atom. The molecule has 9 aromatic rings. The van der Waals surface area contributed by atoms with Crippen LogP contribution in [0.15, 0.2) is 192 Å². The Balaban J connectivity index is 1.18. The first-order valence-corrected chi connectivity index (χ1v) is 20.3. The summed E-state index contributed by atoms with van der Waals surface area (Å²) >= 11 is 0. The van der Waals surface area contributed by atoms with Crippen LogP contribution < -0.4 is 4.90 Å². The lowest BCUT2D eigenvalue weighted by atomic mass is 9.84. The highest BCUT2D eigenvalue weighted by molar-refractivity contribution is 6.09. The van der Waals surface area contributed by atoms with Gasteiger partial charge in [0.15, 0.2) is 0 Å². The molecule has 2 heteroatoms. The van der Waals surface area contributed by atoms with Crippen LogP contribution in [0.4, 0.5) is 17.1 Å². The highest BCUT2D eigenvalue weighted by Crippen LogP contribution is 2.43. The SMILES string of the molecule is CC(C)(C)c1ccc(-c2ccc(N(c3ccc(-c4ccccc4)cc3)c3ccc(-c4cccc5c4oc4ccccc45)cc3)cc2-c2ccc(C(C)(C)C)cc2)cc1. The summed E-state index contributed by atoms with van der Waals surface area (Å²) in [5, 5.41) is 2.27. The van der Waals surface area contributed by atoms with Crippen LogP contribution in [0.1, 0.15) is 52.7 Å². The Hall–Kier alpha value is -6.64. The molecule has 9 rings (SSSR count). The largest absolute Gasteiger partial charge is 0.455 e. The number of benzene rings is 8. The number of hydrogen-bond acceptors (Lipinski definition) is 2. The van der Waals surface area contributed by atoms with Crippen molar-refractivity contribution >= 4 is 39.0 Å². The molecule has 1 heterocycles. The molecule has 0 radical (unpaired) electrons. The number of anilines is 3. The van der Waals surface area contributed by atoms with Gasteiger partial charge in [0, 0.05) is 33.4 Å². The third kappa shape index (κ3) is 7.12. The van der Waals surface area contributed by atoms with E-state index in [1.807, 2.05) is 12.1 Å². The normalized spacial score (nSPS) is 12.0. The first-order valence-electron chi connectivity index (χ1n) is 20.3. The molecule has 0 spiro atoms. The molecular formula is C56H49NO. The predicted molar refractivity (Wildman–Crippen MR) is 248 cm³/mol. The lowest BCUT2D eigenvalue weighted by Crippen LogP contribution is -2.11. The van der Waals surface area contributed by atoms with E-state index >= 15 is 0 Å². The fraction of sp³-hybridized carbons (Fsp3) is 0.143. The molecule has 0 fully saturated rings. The van der Waals surface area contributed by atoms with E-state index in [9.17, 15) is 0 Å².